The smallest absolute Gasteiger partial charge is 0.229 e. The van der Waals surface area contributed by atoms with E-state index in [1.165, 1.54) is 12.1 Å². The van der Waals surface area contributed by atoms with Gasteiger partial charge in [-0.3, -0.25) is 0 Å². The minimum absolute atomic E-state index is 0.0337. The Hall–Kier alpha value is -0.440. The van der Waals surface area contributed by atoms with Crippen LogP contribution in [0.4, 0.5) is 0 Å². The van der Waals surface area contributed by atoms with Crippen molar-refractivity contribution in [1.82, 2.24) is 4.72 Å². The molecular weight excluding hydrogens is 342 g/mol. The number of nitrogens with one attached hydrogen (secondary N) is 1. The molecule has 0 unspecified atom stereocenters. The van der Waals surface area contributed by atoms with Crippen LogP contribution in [-0.2, 0) is 19.9 Å². The van der Waals surface area contributed by atoms with Gasteiger partial charge in [-0.25, -0.2) is 21.6 Å². The van der Waals surface area contributed by atoms with Gasteiger partial charge in [-0.15, -0.1) is 0 Å². The largest absolute Gasteiger partial charge is 0.240 e. The highest BCUT2D eigenvalue weighted by Gasteiger charge is 2.13. The lowest BCUT2D eigenvalue weighted by Crippen LogP contribution is -2.26. The molecule has 1 aromatic rings. The van der Waals surface area contributed by atoms with Crippen molar-refractivity contribution < 1.29 is 16.8 Å². The van der Waals surface area contributed by atoms with Crippen molar-refractivity contribution in [3.8, 4) is 0 Å². The summed E-state index contributed by atoms with van der Waals surface area (Å²) in [7, 11) is -6.63. The lowest BCUT2D eigenvalue weighted by molar-refractivity contribution is 0.577. The summed E-state index contributed by atoms with van der Waals surface area (Å²) in [5.41, 5.74) is 0. The van der Waals surface area contributed by atoms with E-state index in [1.807, 2.05) is 0 Å². The van der Waals surface area contributed by atoms with Crippen molar-refractivity contribution in [2.75, 3.05) is 18.6 Å². The predicted molar refractivity (Wildman–Crippen MR) is 73.7 cm³/mol. The van der Waals surface area contributed by atoms with E-state index >= 15 is 0 Å². The second kappa shape index (κ2) is 6.14. The third-order valence-electron chi connectivity index (χ3n) is 2.09. The number of sulfonamides is 1. The lowest BCUT2D eigenvalue weighted by Gasteiger charge is -2.06. The highest BCUT2D eigenvalue weighted by molar-refractivity contribution is 9.10. The SMILES string of the molecule is CS(=O)(=O)CCCNS(=O)(=O)c1cccc(Br)c1. The Morgan fingerprint density at radius 1 is 1.22 bits per heavy atom. The Kier molecular flexibility index (Phi) is 5.32. The third kappa shape index (κ3) is 5.47. The van der Waals surface area contributed by atoms with Crippen molar-refractivity contribution >= 4 is 35.8 Å². The Morgan fingerprint density at radius 3 is 2.44 bits per heavy atom. The molecule has 1 N–H and O–H groups in total. The molecule has 8 heteroatoms. The van der Waals surface area contributed by atoms with Crippen molar-refractivity contribution in [1.29, 1.82) is 0 Å². The third-order valence-corrected chi connectivity index (χ3v) is 5.07. The average Bonchev–Trinajstić information content (AvgIpc) is 2.23. The van der Waals surface area contributed by atoms with Gasteiger partial charge in [0.05, 0.1) is 10.6 Å². The second-order valence-electron chi connectivity index (χ2n) is 3.84. The molecule has 18 heavy (non-hydrogen) atoms. The fraction of sp³-hybridized carbons (Fsp3) is 0.400. The summed E-state index contributed by atoms with van der Waals surface area (Å²) in [4.78, 5) is 0.149. The molecule has 0 saturated heterocycles. The maximum absolute atomic E-state index is 11.8. The van der Waals surface area contributed by atoms with Gasteiger partial charge in [0.15, 0.2) is 0 Å². The van der Waals surface area contributed by atoms with Crippen molar-refractivity contribution in [2.45, 2.75) is 11.3 Å². The van der Waals surface area contributed by atoms with E-state index in [2.05, 4.69) is 20.7 Å². The zero-order chi connectivity index (χ0) is 13.8. The highest BCUT2D eigenvalue weighted by Crippen LogP contribution is 2.15. The fourth-order valence-electron chi connectivity index (χ4n) is 1.26. The summed E-state index contributed by atoms with van der Waals surface area (Å²) in [5, 5.41) is 0. The summed E-state index contributed by atoms with van der Waals surface area (Å²) in [6.07, 6.45) is 1.38. The van der Waals surface area contributed by atoms with Gasteiger partial charge < -0.3 is 0 Å². The van der Waals surface area contributed by atoms with Crippen LogP contribution in [0.5, 0.6) is 0 Å². The molecule has 1 rings (SSSR count). The van der Waals surface area contributed by atoms with Crippen LogP contribution in [0.2, 0.25) is 0 Å². The summed E-state index contributed by atoms with van der Waals surface area (Å²) in [6.45, 7) is 0.0991. The molecule has 0 aliphatic rings. The van der Waals surface area contributed by atoms with E-state index < -0.39 is 19.9 Å². The van der Waals surface area contributed by atoms with Gasteiger partial charge in [0.25, 0.3) is 0 Å². The molecule has 0 fully saturated rings. The topological polar surface area (TPSA) is 80.3 Å². The van der Waals surface area contributed by atoms with Crippen LogP contribution < -0.4 is 4.72 Å². The quantitative estimate of drug-likeness (QED) is 0.776. The van der Waals surface area contributed by atoms with E-state index in [0.717, 1.165) is 6.26 Å². The average molecular weight is 356 g/mol. The van der Waals surface area contributed by atoms with Gasteiger partial charge in [0.1, 0.15) is 9.84 Å². The number of sulfone groups is 1. The Balaban J connectivity index is 2.61. The van der Waals surface area contributed by atoms with E-state index in [0.29, 0.717) is 4.47 Å². The zero-order valence-corrected chi connectivity index (χ0v) is 13.0. The van der Waals surface area contributed by atoms with Gasteiger partial charge in [-0.1, -0.05) is 22.0 Å². The molecular formula is C10H14BrNO4S2. The summed E-state index contributed by atoms with van der Waals surface area (Å²) < 4.78 is 48.5. The number of halogens is 1. The highest BCUT2D eigenvalue weighted by atomic mass is 79.9. The van der Waals surface area contributed by atoms with Gasteiger partial charge in [0, 0.05) is 17.3 Å². The first-order chi connectivity index (χ1) is 8.21. The first kappa shape index (κ1) is 15.6. The maximum atomic E-state index is 11.8. The van der Waals surface area contributed by atoms with Gasteiger partial charge in [-0.05, 0) is 24.6 Å². The number of benzene rings is 1. The maximum Gasteiger partial charge on any atom is 0.240 e. The normalized spacial score (nSPS) is 12.6. The van der Waals surface area contributed by atoms with E-state index in [1.54, 1.807) is 12.1 Å². The molecule has 102 valence electrons. The Morgan fingerprint density at radius 2 is 1.89 bits per heavy atom. The summed E-state index contributed by atoms with van der Waals surface area (Å²) in [5.74, 6) is -0.0337. The first-order valence-corrected chi connectivity index (χ1v) is 9.47. The van der Waals surface area contributed by atoms with Crippen LogP contribution in [0.25, 0.3) is 0 Å². The monoisotopic (exact) mass is 355 g/mol. The molecule has 0 aliphatic carbocycles. The van der Waals surface area contributed by atoms with Crippen molar-refractivity contribution in [3.05, 3.63) is 28.7 Å². The summed E-state index contributed by atoms with van der Waals surface area (Å²) >= 11 is 3.19. The van der Waals surface area contributed by atoms with Gasteiger partial charge >= 0.3 is 0 Å². The Labute approximate surface area is 116 Å². The molecule has 0 atom stereocenters. The Bertz CT molecular complexity index is 611. The fourth-order valence-corrected chi connectivity index (χ4v) is 3.60. The minimum Gasteiger partial charge on any atom is -0.229 e. The first-order valence-electron chi connectivity index (χ1n) is 5.14. The molecule has 0 radical (unpaired) electrons. The molecule has 0 aliphatic heterocycles. The minimum atomic E-state index is -3.58. The molecule has 0 bridgehead atoms. The van der Waals surface area contributed by atoms with E-state index in [4.69, 9.17) is 0 Å². The van der Waals surface area contributed by atoms with Crippen LogP contribution in [0.1, 0.15) is 6.42 Å². The molecule has 5 nitrogen and oxygen atoms in total. The van der Waals surface area contributed by atoms with Crippen LogP contribution >= 0.6 is 15.9 Å². The van der Waals surface area contributed by atoms with Crippen molar-refractivity contribution in [3.63, 3.8) is 0 Å². The van der Waals surface area contributed by atoms with Gasteiger partial charge in [0.2, 0.25) is 10.0 Å². The number of hydrogen-bond donors (Lipinski definition) is 1. The van der Waals surface area contributed by atoms with Crippen LogP contribution in [0.15, 0.2) is 33.6 Å². The number of rotatable bonds is 6. The van der Waals surface area contributed by atoms with Crippen LogP contribution in [0, 0.1) is 0 Å². The standard InChI is InChI=1S/C10H14BrNO4S2/c1-17(13,14)7-3-6-12-18(15,16)10-5-2-4-9(11)8-10/h2,4-5,8,12H,3,6-7H2,1H3. The molecule has 0 spiro atoms. The molecule has 1 aromatic carbocycles. The van der Waals surface area contributed by atoms with Crippen LogP contribution in [0.3, 0.4) is 0 Å². The van der Waals surface area contributed by atoms with Gasteiger partial charge in [-0.2, -0.15) is 0 Å². The molecule has 0 heterocycles. The molecule has 0 aromatic heterocycles. The second-order valence-corrected chi connectivity index (χ2v) is 8.78. The summed E-state index contributed by atoms with van der Waals surface area (Å²) in [6, 6.07) is 6.31. The van der Waals surface area contributed by atoms with Crippen molar-refractivity contribution in [2.24, 2.45) is 0 Å². The number of hydrogen-bond acceptors (Lipinski definition) is 4. The zero-order valence-electron chi connectivity index (χ0n) is 9.76. The van der Waals surface area contributed by atoms with Crippen LogP contribution in [-0.4, -0.2) is 35.4 Å². The lowest BCUT2D eigenvalue weighted by atomic mass is 10.4. The molecule has 0 amide bonds. The van der Waals surface area contributed by atoms with E-state index in [-0.39, 0.29) is 23.6 Å². The molecule has 0 saturated carbocycles. The van der Waals surface area contributed by atoms with E-state index in [9.17, 15) is 16.8 Å². The predicted octanol–water partition coefficient (Wildman–Crippen LogP) is 1.16.